The Morgan fingerprint density at radius 2 is 1.73 bits per heavy atom. The molecule has 5 rings (SSSR count). The highest BCUT2D eigenvalue weighted by atomic mass is 35.5. The van der Waals surface area contributed by atoms with Gasteiger partial charge < -0.3 is 4.57 Å². The van der Waals surface area contributed by atoms with E-state index in [4.69, 9.17) is 16.6 Å². The van der Waals surface area contributed by atoms with Gasteiger partial charge in [-0.15, -0.1) is 22.7 Å². The molecule has 3 aromatic heterocycles. The van der Waals surface area contributed by atoms with Gasteiger partial charge in [0.1, 0.15) is 0 Å². The second-order valence-electron chi connectivity index (χ2n) is 7.58. The number of nitrogens with zero attached hydrogens (tertiary/aromatic N) is 4. The Hall–Kier alpha value is -3.13. The second kappa shape index (κ2) is 9.02. The van der Waals surface area contributed by atoms with E-state index < -0.39 is 0 Å². The van der Waals surface area contributed by atoms with E-state index in [1.165, 1.54) is 11.3 Å². The van der Waals surface area contributed by atoms with Crippen LogP contribution in [0.2, 0.25) is 5.02 Å². The van der Waals surface area contributed by atoms with Crippen molar-refractivity contribution in [3.8, 4) is 16.3 Å². The molecule has 5 aromatic rings. The lowest BCUT2D eigenvalue weighted by atomic mass is 10.2. The quantitative estimate of drug-likeness (QED) is 0.296. The van der Waals surface area contributed by atoms with Crippen LogP contribution in [0.3, 0.4) is 0 Å². The zero-order chi connectivity index (χ0) is 22.9. The zero-order valence-electron chi connectivity index (χ0n) is 18.1. The SMILES string of the molecule is Cc1c(N=c2scc(-c3cccs3)n2Cc2ccccc2Cl)c(=O)n(-c2ccccc2)n1C. The number of hydrogen-bond donors (Lipinski definition) is 0. The molecule has 5 nitrogen and oxygen atoms in total. The molecule has 0 N–H and O–H groups in total. The molecule has 0 aliphatic rings. The maximum Gasteiger partial charge on any atom is 0.297 e. The van der Waals surface area contributed by atoms with E-state index in [9.17, 15) is 4.79 Å². The lowest BCUT2D eigenvalue weighted by Crippen LogP contribution is -2.20. The fourth-order valence-corrected chi connectivity index (χ4v) is 5.70. The molecule has 0 spiro atoms. The number of para-hydroxylation sites is 1. The summed E-state index contributed by atoms with van der Waals surface area (Å²) in [6.07, 6.45) is 0. The molecular formula is C25H21ClN4OS2. The van der Waals surface area contributed by atoms with Gasteiger partial charge in [-0.1, -0.05) is 54.1 Å². The molecule has 0 unspecified atom stereocenters. The van der Waals surface area contributed by atoms with E-state index in [-0.39, 0.29) is 5.56 Å². The first-order chi connectivity index (χ1) is 16.0. The summed E-state index contributed by atoms with van der Waals surface area (Å²) in [5.74, 6) is 0. The summed E-state index contributed by atoms with van der Waals surface area (Å²) in [4.78, 5) is 20.2. The van der Waals surface area contributed by atoms with E-state index >= 15 is 0 Å². The number of thiophene rings is 1. The van der Waals surface area contributed by atoms with Crippen LogP contribution in [-0.2, 0) is 13.6 Å². The smallest absolute Gasteiger partial charge is 0.297 e. The standard InChI is InChI=1S/C25H21ClN4OS2/c1-17-23(24(31)30(28(17)2)19-10-4-3-5-11-19)27-25-29(15-18-9-6-7-12-20(18)26)21(16-33-25)22-13-8-14-32-22/h3-14,16H,15H2,1-2H3. The largest absolute Gasteiger partial charge is 0.311 e. The minimum Gasteiger partial charge on any atom is -0.311 e. The predicted octanol–water partition coefficient (Wildman–Crippen LogP) is 6.01. The van der Waals surface area contributed by atoms with Gasteiger partial charge in [0.25, 0.3) is 5.56 Å². The average molecular weight is 493 g/mol. The Balaban J connectivity index is 1.70. The fourth-order valence-electron chi connectivity index (χ4n) is 3.77. The van der Waals surface area contributed by atoms with Crippen molar-refractivity contribution in [1.29, 1.82) is 0 Å². The molecule has 0 aliphatic heterocycles. The third-order valence-electron chi connectivity index (χ3n) is 5.59. The molecule has 2 aromatic carbocycles. The Bertz CT molecular complexity index is 1540. The lowest BCUT2D eigenvalue weighted by Gasteiger charge is -2.09. The van der Waals surface area contributed by atoms with Crippen LogP contribution in [-0.4, -0.2) is 13.9 Å². The van der Waals surface area contributed by atoms with Gasteiger partial charge in [0.2, 0.25) is 0 Å². The fraction of sp³-hybridized carbons (Fsp3) is 0.120. The first kappa shape index (κ1) is 21.7. The number of thiazole rings is 1. The van der Waals surface area contributed by atoms with Gasteiger partial charge >= 0.3 is 0 Å². The Kier molecular flexibility index (Phi) is 5.93. The lowest BCUT2D eigenvalue weighted by molar-refractivity contribution is 0.630. The van der Waals surface area contributed by atoms with E-state index in [0.29, 0.717) is 17.3 Å². The topological polar surface area (TPSA) is 44.2 Å². The summed E-state index contributed by atoms with van der Waals surface area (Å²) in [6, 6.07) is 21.6. The van der Waals surface area contributed by atoms with Crippen LogP contribution in [0.1, 0.15) is 11.3 Å². The van der Waals surface area contributed by atoms with Crippen LogP contribution in [0.4, 0.5) is 5.69 Å². The first-order valence-electron chi connectivity index (χ1n) is 10.4. The molecule has 0 aliphatic carbocycles. The number of aromatic nitrogens is 3. The van der Waals surface area contributed by atoms with Crippen molar-refractivity contribution < 1.29 is 0 Å². The first-order valence-corrected chi connectivity index (χ1v) is 12.5. The highest BCUT2D eigenvalue weighted by Gasteiger charge is 2.17. The predicted molar refractivity (Wildman–Crippen MR) is 137 cm³/mol. The summed E-state index contributed by atoms with van der Waals surface area (Å²) < 4.78 is 5.64. The molecule has 0 saturated heterocycles. The van der Waals surface area contributed by atoms with Crippen molar-refractivity contribution in [1.82, 2.24) is 13.9 Å². The number of rotatable bonds is 5. The van der Waals surface area contributed by atoms with Gasteiger partial charge in [0.05, 0.1) is 28.5 Å². The molecule has 0 bridgehead atoms. The molecule has 3 heterocycles. The maximum atomic E-state index is 13.4. The van der Waals surface area contributed by atoms with Crippen LogP contribution in [0.25, 0.3) is 16.3 Å². The minimum absolute atomic E-state index is 0.142. The molecular weight excluding hydrogens is 472 g/mol. The minimum atomic E-state index is -0.142. The van der Waals surface area contributed by atoms with Crippen LogP contribution >= 0.6 is 34.3 Å². The van der Waals surface area contributed by atoms with Gasteiger partial charge in [-0.2, -0.15) is 0 Å². The van der Waals surface area contributed by atoms with Gasteiger partial charge in [0.15, 0.2) is 10.5 Å². The van der Waals surface area contributed by atoms with Crippen molar-refractivity contribution in [3.05, 3.63) is 109 Å². The summed E-state index contributed by atoms with van der Waals surface area (Å²) in [7, 11) is 1.88. The Morgan fingerprint density at radius 1 is 0.970 bits per heavy atom. The molecule has 33 heavy (non-hydrogen) atoms. The second-order valence-corrected chi connectivity index (χ2v) is 9.77. The molecule has 166 valence electrons. The van der Waals surface area contributed by atoms with Crippen molar-refractivity contribution in [2.45, 2.75) is 13.5 Å². The highest BCUT2D eigenvalue weighted by Crippen LogP contribution is 2.27. The summed E-state index contributed by atoms with van der Waals surface area (Å²) >= 11 is 9.68. The molecule has 0 radical (unpaired) electrons. The van der Waals surface area contributed by atoms with Crippen molar-refractivity contribution in [2.75, 3.05) is 0 Å². The van der Waals surface area contributed by atoms with E-state index in [1.54, 1.807) is 16.0 Å². The Morgan fingerprint density at radius 3 is 2.45 bits per heavy atom. The molecule has 0 saturated carbocycles. The Labute approximate surface area is 204 Å². The number of halogens is 1. The summed E-state index contributed by atoms with van der Waals surface area (Å²) in [5, 5.41) is 4.86. The van der Waals surface area contributed by atoms with Crippen LogP contribution in [0.5, 0.6) is 0 Å². The van der Waals surface area contributed by atoms with E-state index in [1.807, 2.05) is 79.3 Å². The van der Waals surface area contributed by atoms with Gasteiger partial charge in [0, 0.05) is 17.5 Å². The summed E-state index contributed by atoms with van der Waals surface area (Å²) in [5.41, 5.74) is 3.97. The number of hydrogen-bond acceptors (Lipinski definition) is 4. The third-order valence-corrected chi connectivity index (χ3v) is 7.71. The molecule has 0 amide bonds. The highest BCUT2D eigenvalue weighted by molar-refractivity contribution is 7.14. The average Bonchev–Trinajstić information content (AvgIpc) is 3.53. The van der Waals surface area contributed by atoms with Crippen LogP contribution in [0.15, 0.2) is 87.3 Å². The van der Waals surface area contributed by atoms with Crippen LogP contribution < -0.4 is 10.4 Å². The van der Waals surface area contributed by atoms with Crippen LogP contribution in [0, 0.1) is 6.92 Å². The number of benzene rings is 2. The van der Waals surface area contributed by atoms with Crippen molar-refractivity contribution in [2.24, 2.45) is 12.0 Å². The van der Waals surface area contributed by atoms with Gasteiger partial charge in [-0.3, -0.25) is 9.48 Å². The maximum absolute atomic E-state index is 13.4. The zero-order valence-corrected chi connectivity index (χ0v) is 20.5. The third kappa shape index (κ3) is 4.04. The monoisotopic (exact) mass is 492 g/mol. The summed E-state index contributed by atoms with van der Waals surface area (Å²) in [6.45, 7) is 2.49. The van der Waals surface area contributed by atoms with Crippen molar-refractivity contribution >= 4 is 40.0 Å². The van der Waals surface area contributed by atoms with Gasteiger partial charge in [-0.05, 0) is 42.1 Å². The molecule has 8 heteroatoms. The van der Waals surface area contributed by atoms with E-state index in [2.05, 4.69) is 21.4 Å². The van der Waals surface area contributed by atoms with Crippen molar-refractivity contribution in [3.63, 3.8) is 0 Å². The molecule has 0 atom stereocenters. The van der Waals surface area contributed by atoms with Gasteiger partial charge in [-0.25, -0.2) is 9.67 Å². The normalized spacial score (nSPS) is 11.9. The molecule has 0 fully saturated rings. The van der Waals surface area contributed by atoms with E-state index in [0.717, 1.165) is 32.3 Å².